The molecule has 3 aromatic carbocycles. The number of sulfonamides is 1. The summed E-state index contributed by atoms with van der Waals surface area (Å²) in [5, 5.41) is 0.553. The highest BCUT2D eigenvalue weighted by Crippen LogP contribution is 2.32. The van der Waals surface area contributed by atoms with Crippen molar-refractivity contribution >= 4 is 26.9 Å². The minimum atomic E-state index is -3.97. The number of fused-ring (bicyclic) bond motifs is 1. The van der Waals surface area contributed by atoms with Gasteiger partial charge in [0.15, 0.2) is 0 Å². The molecule has 0 unspecified atom stereocenters. The summed E-state index contributed by atoms with van der Waals surface area (Å²) >= 11 is 0. The van der Waals surface area contributed by atoms with E-state index in [1.165, 1.54) is 29.0 Å². The molecule has 0 spiro atoms. The Morgan fingerprint density at radius 1 is 0.925 bits per heavy atom. The van der Waals surface area contributed by atoms with Crippen LogP contribution in [0.15, 0.2) is 94.7 Å². The molecule has 5 rings (SSSR count). The van der Waals surface area contributed by atoms with Gasteiger partial charge in [-0.15, -0.1) is 0 Å². The van der Waals surface area contributed by atoms with Crippen LogP contribution in [-0.4, -0.2) is 36.2 Å². The highest BCUT2D eigenvalue weighted by Gasteiger charge is 2.19. The topological polar surface area (TPSA) is 112 Å². The zero-order chi connectivity index (χ0) is 28.4. The predicted octanol–water partition coefficient (Wildman–Crippen LogP) is 5.35. The Balaban J connectivity index is 1.55. The first-order chi connectivity index (χ1) is 19.1. The van der Waals surface area contributed by atoms with Gasteiger partial charge in [0.25, 0.3) is 15.6 Å². The van der Waals surface area contributed by atoms with Gasteiger partial charge in [0.05, 0.1) is 29.3 Å². The first kappa shape index (κ1) is 26.9. The SMILES string of the molecule is COc1cc(-c2cccc(OC(C)C)c2)ccc1-n1c(=O)ccc2cc(S(=O)(=O)Nc3nccc(C)n3)ccc21. The third kappa shape index (κ3) is 5.52. The number of nitrogens with zero attached hydrogens (tertiary/aromatic N) is 3. The van der Waals surface area contributed by atoms with Crippen LogP contribution in [0.3, 0.4) is 0 Å². The number of benzene rings is 3. The number of hydrogen-bond donors (Lipinski definition) is 1. The van der Waals surface area contributed by atoms with E-state index in [2.05, 4.69) is 14.7 Å². The summed E-state index contributed by atoms with van der Waals surface area (Å²) in [7, 11) is -2.42. The van der Waals surface area contributed by atoms with Gasteiger partial charge in [0.2, 0.25) is 5.95 Å². The van der Waals surface area contributed by atoms with Crippen LogP contribution in [0.2, 0.25) is 0 Å². The zero-order valence-corrected chi connectivity index (χ0v) is 23.3. The Morgan fingerprint density at radius 3 is 2.48 bits per heavy atom. The van der Waals surface area contributed by atoms with E-state index < -0.39 is 10.0 Å². The molecule has 1 N–H and O–H groups in total. The van der Waals surface area contributed by atoms with Gasteiger partial charge in [0, 0.05) is 23.3 Å². The minimum Gasteiger partial charge on any atom is -0.495 e. The lowest BCUT2D eigenvalue weighted by molar-refractivity contribution is 0.242. The summed E-state index contributed by atoms with van der Waals surface area (Å²) in [6.45, 7) is 5.69. The largest absolute Gasteiger partial charge is 0.495 e. The molecule has 0 amide bonds. The first-order valence-electron chi connectivity index (χ1n) is 12.6. The Morgan fingerprint density at radius 2 is 1.73 bits per heavy atom. The van der Waals surface area contributed by atoms with Crippen molar-refractivity contribution in [2.24, 2.45) is 0 Å². The van der Waals surface area contributed by atoms with Crippen molar-refractivity contribution in [1.29, 1.82) is 0 Å². The number of hydrogen-bond acceptors (Lipinski definition) is 7. The third-order valence-corrected chi connectivity index (χ3v) is 7.48. The average Bonchev–Trinajstić information content (AvgIpc) is 2.92. The lowest BCUT2D eigenvalue weighted by atomic mass is 10.0. The highest BCUT2D eigenvalue weighted by atomic mass is 32.2. The summed E-state index contributed by atoms with van der Waals surface area (Å²) in [5.74, 6) is 1.23. The van der Waals surface area contributed by atoms with E-state index in [4.69, 9.17) is 9.47 Å². The fourth-order valence-electron chi connectivity index (χ4n) is 4.38. The zero-order valence-electron chi connectivity index (χ0n) is 22.5. The Hall–Kier alpha value is -4.70. The lowest BCUT2D eigenvalue weighted by Gasteiger charge is -2.16. The number of pyridine rings is 1. The van der Waals surface area contributed by atoms with E-state index in [1.54, 1.807) is 32.2 Å². The van der Waals surface area contributed by atoms with Crippen LogP contribution in [0.25, 0.3) is 27.7 Å². The smallest absolute Gasteiger partial charge is 0.264 e. The van der Waals surface area contributed by atoms with E-state index in [0.717, 1.165) is 16.9 Å². The maximum absolute atomic E-state index is 13.1. The van der Waals surface area contributed by atoms with Gasteiger partial charge in [0.1, 0.15) is 11.5 Å². The summed E-state index contributed by atoms with van der Waals surface area (Å²) in [4.78, 5) is 21.2. The highest BCUT2D eigenvalue weighted by molar-refractivity contribution is 7.92. The van der Waals surface area contributed by atoms with Crippen LogP contribution in [0, 0.1) is 6.92 Å². The molecule has 0 atom stereocenters. The second-order valence-electron chi connectivity index (χ2n) is 9.44. The molecule has 0 aliphatic carbocycles. The number of aryl methyl sites for hydroxylation is 1. The summed E-state index contributed by atoms with van der Waals surface area (Å²) in [6, 6.07) is 22.6. The van der Waals surface area contributed by atoms with E-state index in [1.807, 2.05) is 56.3 Å². The quantitative estimate of drug-likeness (QED) is 0.274. The number of nitrogens with one attached hydrogen (secondary N) is 1. The van der Waals surface area contributed by atoms with Crippen molar-refractivity contribution in [1.82, 2.24) is 14.5 Å². The molecule has 2 aromatic heterocycles. The van der Waals surface area contributed by atoms with Crippen molar-refractivity contribution in [3.05, 3.63) is 101 Å². The van der Waals surface area contributed by atoms with Crippen molar-refractivity contribution in [3.8, 4) is 28.3 Å². The first-order valence-corrected chi connectivity index (χ1v) is 14.1. The standard InChI is InChI=1S/C30H28N4O5S/c1-19(2)39-24-7-5-6-21(16-24)22-8-11-27(28(18-22)38-4)34-26-12-10-25(17-23(26)9-13-29(34)35)40(36,37)33-30-31-15-14-20(3)32-30/h5-19H,1-4H3,(H,31,32,33). The van der Waals surface area contributed by atoms with Crippen molar-refractivity contribution < 1.29 is 17.9 Å². The summed E-state index contributed by atoms with van der Waals surface area (Å²) in [6.07, 6.45) is 1.53. The molecule has 0 saturated heterocycles. The number of ether oxygens (including phenoxy) is 2. The monoisotopic (exact) mass is 556 g/mol. The molecular formula is C30H28N4O5S. The van der Waals surface area contributed by atoms with E-state index in [0.29, 0.717) is 28.0 Å². The van der Waals surface area contributed by atoms with Crippen LogP contribution in [0.4, 0.5) is 5.95 Å². The van der Waals surface area contributed by atoms with Crippen molar-refractivity contribution in [2.45, 2.75) is 31.8 Å². The Kier molecular flexibility index (Phi) is 7.27. The molecule has 0 bridgehead atoms. The average molecular weight is 557 g/mol. The molecule has 10 heteroatoms. The van der Waals surface area contributed by atoms with Crippen molar-refractivity contribution in [3.63, 3.8) is 0 Å². The van der Waals surface area contributed by atoms with E-state index in [9.17, 15) is 13.2 Å². The number of aromatic nitrogens is 3. The van der Waals surface area contributed by atoms with Gasteiger partial charge >= 0.3 is 0 Å². The fourth-order valence-corrected chi connectivity index (χ4v) is 5.37. The third-order valence-electron chi connectivity index (χ3n) is 6.16. The normalized spacial score (nSPS) is 11.5. The molecule has 0 fully saturated rings. The molecule has 0 aliphatic heterocycles. The van der Waals surface area contributed by atoms with Crippen LogP contribution < -0.4 is 19.8 Å². The maximum Gasteiger partial charge on any atom is 0.264 e. The van der Waals surface area contributed by atoms with Crippen LogP contribution >= 0.6 is 0 Å². The van der Waals surface area contributed by atoms with Crippen LogP contribution in [0.5, 0.6) is 11.5 Å². The van der Waals surface area contributed by atoms with Gasteiger partial charge < -0.3 is 9.47 Å². The molecule has 9 nitrogen and oxygen atoms in total. The second kappa shape index (κ2) is 10.8. The van der Waals surface area contributed by atoms with Gasteiger partial charge in [-0.25, -0.2) is 23.1 Å². The molecule has 2 heterocycles. The van der Waals surface area contributed by atoms with Gasteiger partial charge in [-0.05, 0) is 86.5 Å². The Bertz CT molecular complexity index is 1880. The van der Waals surface area contributed by atoms with Crippen LogP contribution in [-0.2, 0) is 10.0 Å². The summed E-state index contributed by atoms with van der Waals surface area (Å²) in [5.41, 5.74) is 3.23. The molecule has 0 radical (unpaired) electrons. The number of methoxy groups -OCH3 is 1. The van der Waals surface area contributed by atoms with E-state index >= 15 is 0 Å². The van der Waals surface area contributed by atoms with Gasteiger partial charge in [-0.2, -0.15) is 0 Å². The van der Waals surface area contributed by atoms with Gasteiger partial charge in [-0.3, -0.25) is 9.36 Å². The second-order valence-corrected chi connectivity index (χ2v) is 11.1. The molecular weight excluding hydrogens is 528 g/mol. The molecule has 204 valence electrons. The van der Waals surface area contributed by atoms with E-state index in [-0.39, 0.29) is 22.5 Å². The number of rotatable bonds is 8. The van der Waals surface area contributed by atoms with Gasteiger partial charge in [-0.1, -0.05) is 18.2 Å². The molecule has 40 heavy (non-hydrogen) atoms. The molecule has 5 aromatic rings. The minimum absolute atomic E-state index is 0.0149. The molecule has 0 aliphatic rings. The summed E-state index contributed by atoms with van der Waals surface area (Å²) < 4.78 is 41.5. The Labute approximate surface area is 232 Å². The molecule has 0 saturated carbocycles. The fraction of sp³-hybridized carbons (Fsp3) is 0.167. The predicted molar refractivity (Wildman–Crippen MR) is 155 cm³/mol. The number of anilines is 1. The lowest BCUT2D eigenvalue weighted by Crippen LogP contribution is -2.19. The van der Waals surface area contributed by atoms with Crippen LogP contribution in [0.1, 0.15) is 19.5 Å². The van der Waals surface area contributed by atoms with Crippen molar-refractivity contribution in [2.75, 3.05) is 11.8 Å². The maximum atomic E-state index is 13.1.